The summed E-state index contributed by atoms with van der Waals surface area (Å²) in [5.41, 5.74) is 0.854. The highest BCUT2D eigenvalue weighted by Gasteiger charge is 2.20. The number of carbonyl (C=O) groups is 1. The number of halogens is 1. The van der Waals surface area contributed by atoms with E-state index >= 15 is 0 Å². The van der Waals surface area contributed by atoms with Gasteiger partial charge in [-0.15, -0.1) is 0 Å². The molecule has 0 N–H and O–H groups in total. The van der Waals surface area contributed by atoms with E-state index in [0.717, 1.165) is 4.57 Å². The number of aryl methyl sites for hydroxylation is 1. The summed E-state index contributed by atoms with van der Waals surface area (Å²) < 4.78 is 9.10. The van der Waals surface area contributed by atoms with Gasteiger partial charge in [0.15, 0.2) is 0 Å². The second-order valence-corrected chi connectivity index (χ2v) is 6.32. The van der Waals surface area contributed by atoms with Crippen molar-refractivity contribution in [3.8, 4) is 11.3 Å². The van der Waals surface area contributed by atoms with Gasteiger partial charge in [0, 0.05) is 25.3 Å². The summed E-state index contributed by atoms with van der Waals surface area (Å²) in [7, 11) is 3.02. The van der Waals surface area contributed by atoms with Gasteiger partial charge in [-0.1, -0.05) is 23.7 Å². The van der Waals surface area contributed by atoms with E-state index in [1.165, 1.54) is 11.6 Å². The van der Waals surface area contributed by atoms with Gasteiger partial charge >= 0.3 is 11.7 Å². The lowest BCUT2D eigenvalue weighted by atomic mass is 10.1. The minimum atomic E-state index is -0.432. The van der Waals surface area contributed by atoms with Crippen molar-refractivity contribution in [2.75, 3.05) is 6.61 Å². The van der Waals surface area contributed by atoms with Gasteiger partial charge in [0.25, 0.3) is 5.56 Å². The van der Waals surface area contributed by atoms with Crippen LogP contribution in [-0.2, 0) is 30.2 Å². The Morgan fingerprint density at radius 2 is 1.77 bits per heavy atom. The summed E-state index contributed by atoms with van der Waals surface area (Å²) in [4.78, 5) is 37.0. The molecular formula is C18H18ClN3O4. The third-order valence-electron chi connectivity index (χ3n) is 4.23. The minimum absolute atomic E-state index is 0.0716. The number of benzene rings is 1. The van der Waals surface area contributed by atoms with Gasteiger partial charge in [0.05, 0.1) is 23.2 Å². The highest BCUT2D eigenvalue weighted by Crippen LogP contribution is 2.29. The Balaban J connectivity index is 2.37. The fourth-order valence-electron chi connectivity index (χ4n) is 2.98. The molecule has 0 atom stereocenters. The lowest BCUT2D eigenvalue weighted by Gasteiger charge is -2.09. The molecule has 7 nitrogen and oxygen atoms in total. The van der Waals surface area contributed by atoms with Gasteiger partial charge in [-0.3, -0.25) is 18.7 Å². The van der Waals surface area contributed by atoms with Gasteiger partial charge in [-0.25, -0.2) is 4.79 Å². The van der Waals surface area contributed by atoms with Crippen LogP contribution in [0.15, 0.2) is 40.1 Å². The molecule has 1 aromatic carbocycles. The van der Waals surface area contributed by atoms with Crippen LogP contribution in [0.1, 0.15) is 6.92 Å². The van der Waals surface area contributed by atoms with E-state index in [4.69, 9.17) is 16.3 Å². The van der Waals surface area contributed by atoms with Crippen LogP contribution in [0, 0.1) is 0 Å². The van der Waals surface area contributed by atoms with Gasteiger partial charge < -0.3 is 9.30 Å². The average Bonchev–Trinajstić information content (AvgIpc) is 2.98. The molecular weight excluding hydrogens is 358 g/mol. The average molecular weight is 376 g/mol. The smallest absolute Gasteiger partial charge is 0.330 e. The maximum atomic E-state index is 12.8. The van der Waals surface area contributed by atoms with Crippen molar-refractivity contribution >= 4 is 28.5 Å². The van der Waals surface area contributed by atoms with Gasteiger partial charge in [-0.2, -0.15) is 0 Å². The van der Waals surface area contributed by atoms with E-state index in [9.17, 15) is 14.4 Å². The zero-order chi connectivity index (χ0) is 19.0. The second kappa shape index (κ2) is 6.84. The van der Waals surface area contributed by atoms with E-state index in [0.29, 0.717) is 27.2 Å². The maximum absolute atomic E-state index is 12.8. The molecule has 2 aromatic heterocycles. The fraction of sp³-hybridized carbons (Fsp3) is 0.278. The Labute approximate surface area is 154 Å². The number of carbonyl (C=O) groups excluding carboxylic acids is 1. The van der Waals surface area contributed by atoms with Crippen LogP contribution in [0.5, 0.6) is 0 Å². The largest absolute Gasteiger partial charge is 0.465 e. The summed E-state index contributed by atoms with van der Waals surface area (Å²) in [6.07, 6.45) is 1.62. The molecule has 0 unspecified atom stereocenters. The molecule has 0 bridgehead atoms. The van der Waals surface area contributed by atoms with Crippen LogP contribution in [0.25, 0.3) is 22.2 Å². The first-order valence-electron chi connectivity index (χ1n) is 8.05. The molecule has 0 aliphatic carbocycles. The topological polar surface area (TPSA) is 75.2 Å². The summed E-state index contributed by atoms with van der Waals surface area (Å²) in [6, 6.07) is 6.94. The summed E-state index contributed by atoms with van der Waals surface area (Å²) in [5.74, 6) is -0.426. The number of aromatic nitrogens is 3. The molecule has 0 saturated carbocycles. The van der Waals surface area contributed by atoms with Crippen LogP contribution in [0.3, 0.4) is 0 Å². The van der Waals surface area contributed by atoms with Crippen molar-refractivity contribution in [1.82, 2.24) is 13.7 Å². The number of ether oxygens (including phenoxy) is 1. The maximum Gasteiger partial charge on any atom is 0.330 e. The lowest BCUT2D eigenvalue weighted by molar-refractivity contribution is -0.143. The molecule has 0 radical (unpaired) electrons. The third-order valence-corrected chi connectivity index (χ3v) is 4.49. The molecule has 0 saturated heterocycles. The number of rotatable bonds is 4. The van der Waals surface area contributed by atoms with Crippen LogP contribution in [-0.4, -0.2) is 26.3 Å². The number of esters is 1. The highest BCUT2D eigenvalue weighted by atomic mass is 35.5. The first kappa shape index (κ1) is 18.0. The minimum Gasteiger partial charge on any atom is -0.465 e. The van der Waals surface area contributed by atoms with Crippen molar-refractivity contribution in [3.05, 3.63) is 56.3 Å². The van der Waals surface area contributed by atoms with Crippen LogP contribution in [0.4, 0.5) is 0 Å². The quantitative estimate of drug-likeness (QED) is 0.653. The summed E-state index contributed by atoms with van der Waals surface area (Å²) in [6.45, 7) is 1.91. The van der Waals surface area contributed by atoms with Crippen LogP contribution >= 0.6 is 11.6 Å². The normalized spacial score (nSPS) is 11.1. The van der Waals surface area contributed by atoms with E-state index in [1.54, 1.807) is 49.0 Å². The molecule has 0 spiro atoms. The van der Waals surface area contributed by atoms with Gasteiger partial charge in [0.1, 0.15) is 6.54 Å². The van der Waals surface area contributed by atoms with Crippen LogP contribution in [0.2, 0.25) is 5.02 Å². The molecule has 3 rings (SSSR count). The van der Waals surface area contributed by atoms with Crippen molar-refractivity contribution < 1.29 is 9.53 Å². The zero-order valence-electron chi connectivity index (χ0n) is 14.7. The van der Waals surface area contributed by atoms with Crippen LogP contribution < -0.4 is 11.2 Å². The van der Waals surface area contributed by atoms with E-state index in [-0.39, 0.29) is 13.2 Å². The zero-order valence-corrected chi connectivity index (χ0v) is 15.4. The van der Waals surface area contributed by atoms with Gasteiger partial charge in [-0.05, 0) is 24.6 Å². The molecule has 0 aliphatic rings. The van der Waals surface area contributed by atoms with E-state index in [2.05, 4.69) is 0 Å². The first-order chi connectivity index (χ1) is 12.3. The lowest BCUT2D eigenvalue weighted by Crippen LogP contribution is -2.36. The molecule has 0 amide bonds. The molecule has 8 heteroatoms. The number of nitrogens with zero attached hydrogens (tertiary/aromatic N) is 3. The second-order valence-electron chi connectivity index (χ2n) is 5.88. The number of hydrogen-bond donors (Lipinski definition) is 0. The fourth-order valence-corrected chi connectivity index (χ4v) is 3.10. The standard InChI is InChI=1S/C18H18ClN3O4/c1-4-26-14(23)10-22-9-13-15(17(24)21(3)18(25)20(13)2)16(22)11-5-7-12(19)8-6-11/h5-9H,4,10H2,1-3H3. The number of fused-ring (bicyclic) bond motifs is 1. The van der Waals surface area contributed by atoms with E-state index < -0.39 is 17.2 Å². The Morgan fingerprint density at radius 3 is 2.38 bits per heavy atom. The van der Waals surface area contributed by atoms with Gasteiger partial charge in [0.2, 0.25) is 0 Å². The summed E-state index contributed by atoms with van der Waals surface area (Å²) >= 11 is 5.97. The molecule has 0 fully saturated rings. The molecule has 136 valence electrons. The van der Waals surface area contributed by atoms with Crippen molar-refractivity contribution in [2.24, 2.45) is 14.1 Å². The highest BCUT2D eigenvalue weighted by molar-refractivity contribution is 6.30. The molecule has 2 heterocycles. The first-order valence-corrected chi connectivity index (χ1v) is 8.43. The SMILES string of the molecule is CCOC(=O)Cn1cc2c(c1-c1ccc(Cl)cc1)c(=O)n(C)c(=O)n2C. The van der Waals surface area contributed by atoms with Crippen molar-refractivity contribution in [3.63, 3.8) is 0 Å². The van der Waals surface area contributed by atoms with Crippen molar-refractivity contribution in [2.45, 2.75) is 13.5 Å². The Morgan fingerprint density at radius 1 is 1.12 bits per heavy atom. The Hall–Kier alpha value is -2.80. The molecule has 26 heavy (non-hydrogen) atoms. The summed E-state index contributed by atoms with van der Waals surface area (Å²) in [5, 5.41) is 0.920. The molecule has 3 aromatic rings. The van der Waals surface area contributed by atoms with E-state index in [1.807, 2.05) is 0 Å². The Kier molecular flexibility index (Phi) is 4.73. The number of hydrogen-bond acceptors (Lipinski definition) is 4. The molecule has 0 aliphatic heterocycles. The predicted octanol–water partition coefficient (Wildman–Crippen LogP) is 1.92. The predicted molar refractivity (Wildman–Crippen MR) is 99.5 cm³/mol. The Bertz CT molecular complexity index is 1110. The van der Waals surface area contributed by atoms with Crippen molar-refractivity contribution in [1.29, 1.82) is 0 Å². The monoisotopic (exact) mass is 375 g/mol. The third kappa shape index (κ3) is 2.94.